The van der Waals surface area contributed by atoms with Gasteiger partial charge in [-0.15, -0.1) is 10.2 Å². The third-order valence-electron chi connectivity index (χ3n) is 7.08. The summed E-state index contributed by atoms with van der Waals surface area (Å²) in [6.45, 7) is 0.460. The van der Waals surface area contributed by atoms with E-state index >= 15 is 0 Å². The lowest BCUT2D eigenvalue weighted by molar-refractivity contribution is 0.0950. The number of aromatic hydroxyl groups is 1. The highest BCUT2D eigenvalue weighted by Gasteiger charge is 2.24. The average molecular weight is 613 g/mol. The van der Waals surface area contributed by atoms with Crippen LogP contribution >= 0.6 is 23.4 Å². The summed E-state index contributed by atoms with van der Waals surface area (Å²) in [6, 6.07) is 32.6. The summed E-state index contributed by atoms with van der Waals surface area (Å²) in [6.07, 6.45) is 2.24. The number of phenols is 1. The molecule has 0 saturated heterocycles. The highest BCUT2D eigenvalue weighted by atomic mass is 35.5. The van der Waals surface area contributed by atoms with Crippen molar-refractivity contribution < 1.29 is 14.6 Å². The Morgan fingerprint density at radius 3 is 2.51 bits per heavy atom. The quantitative estimate of drug-likeness (QED) is 0.106. The van der Waals surface area contributed by atoms with Crippen molar-refractivity contribution in [2.45, 2.75) is 36.1 Å². The summed E-state index contributed by atoms with van der Waals surface area (Å²) in [5, 5.41) is 23.9. The number of nitrogens with zero attached hydrogens (tertiary/aromatic N) is 3. The molecule has 0 aliphatic rings. The number of para-hydroxylation sites is 1. The Morgan fingerprint density at radius 2 is 1.72 bits per heavy atom. The first-order chi connectivity index (χ1) is 21.0. The Kier molecular flexibility index (Phi) is 10.4. The lowest BCUT2D eigenvalue weighted by Crippen LogP contribution is -2.25. The van der Waals surface area contributed by atoms with Gasteiger partial charge in [-0.3, -0.25) is 9.36 Å². The van der Waals surface area contributed by atoms with E-state index in [2.05, 4.69) is 27.1 Å². The van der Waals surface area contributed by atoms with Crippen LogP contribution in [0.3, 0.4) is 0 Å². The van der Waals surface area contributed by atoms with Gasteiger partial charge in [0.2, 0.25) is 0 Å². The number of nitrogens with one attached hydrogen (secondary N) is 1. The molecule has 1 unspecified atom stereocenters. The van der Waals surface area contributed by atoms with Crippen molar-refractivity contribution in [1.82, 2.24) is 20.1 Å². The van der Waals surface area contributed by atoms with Gasteiger partial charge in [-0.2, -0.15) is 0 Å². The molecule has 0 radical (unpaired) electrons. The number of benzene rings is 4. The highest BCUT2D eigenvalue weighted by Crippen LogP contribution is 2.33. The van der Waals surface area contributed by atoms with E-state index in [1.807, 2.05) is 66.7 Å². The fourth-order valence-corrected chi connectivity index (χ4v) is 6.05. The maximum absolute atomic E-state index is 12.7. The van der Waals surface area contributed by atoms with Crippen LogP contribution in [0, 0.1) is 0 Å². The Morgan fingerprint density at radius 1 is 0.953 bits per heavy atom. The van der Waals surface area contributed by atoms with Gasteiger partial charge in [0.15, 0.2) is 5.16 Å². The van der Waals surface area contributed by atoms with Crippen LogP contribution in [0.15, 0.2) is 108 Å². The van der Waals surface area contributed by atoms with Crippen molar-refractivity contribution in [2.75, 3.05) is 13.7 Å². The van der Waals surface area contributed by atoms with Crippen LogP contribution in [0.5, 0.6) is 11.5 Å². The third kappa shape index (κ3) is 7.97. The second-order valence-electron chi connectivity index (χ2n) is 10.1. The molecule has 5 rings (SSSR count). The van der Waals surface area contributed by atoms with E-state index in [1.54, 1.807) is 37.1 Å². The number of halogens is 1. The number of carbonyl (C=O) groups is 1. The monoisotopic (exact) mass is 612 g/mol. The largest absolute Gasteiger partial charge is 0.507 e. The number of ether oxygens (including phenoxy) is 1. The molecule has 1 heterocycles. The zero-order valence-corrected chi connectivity index (χ0v) is 25.4. The molecule has 43 heavy (non-hydrogen) atoms. The van der Waals surface area contributed by atoms with Gasteiger partial charge < -0.3 is 15.2 Å². The first-order valence-electron chi connectivity index (χ1n) is 14.1. The average Bonchev–Trinajstić information content (AvgIpc) is 3.46. The van der Waals surface area contributed by atoms with Gasteiger partial charge in [0.1, 0.15) is 17.3 Å². The number of rotatable bonds is 13. The summed E-state index contributed by atoms with van der Waals surface area (Å²) in [5.41, 5.74) is 3.47. The van der Waals surface area contributed by atoms with Gasteiger partial charge in [-0.25, -0.2) is 0 Å². The van der Waals surface area contributed by atoms with Gasteiger partial charge in [-0.05, 0) is 66.8 Å². The van der Waals surface area contributed by atoms with Crippen molar-refractivity contribution in [3.05, 3.63) is 131 Å². The van der Waals surface area contributed by atoms with Gasteiger partial charge in [0.05, 0.1) is 18.4 Å². The van der Waals surface area contributed by atoms with Crippen LogP contribution in [-0.4, -0.2) is 39.4 Å². The molecule has 0 spiro atoms. The first kappa shape index (κ1) is 30.2. The van der Waals surface area contributed by atoms with E-state index in [9.17, 15) is 9.90 Å². The van der Waals surface area contributed by atoms with Crippen LogP contribution in [0.25, 0.3) is 5.69 Å². The number of hydrogen-bond acceptors (Lipinski definition) is 6. The van der Waals surface area contributed by atoms with E-state index in [0.717, 1.165) is 40.8 Å². The minimum atomic E-state index is -0.294. The molecule has 0 aliphatic heterocycles. The molecular weight excluding hydrogens is 580 g/mol. The Hall–Kier alpha value is -4.27. The molecule has 0 saturated carbocycles. The maximum atomic E-state index is 12.7. The molecule has 0 fully saturated rings. The number of amides is 1. The SMILES string of the molecule is COc1cccc(-n2c(SCc3cccc(Cl)c3)nnc2C(CCCNC(=O)c2ccccc2O)Cc2ccccc2)c1. The van der Waals surface area contributed by atoms with Crippen molar-refractivity contribution in [3.8, 4) is 17.2 Å². The minimum Gasteiger partial charge on any atom is -0.507 e. The van der Waals surface area contributed by atoms with Gasteiger partial charge in [0.25, 0.3) is 5.91 Å². The number of thioether (sulfide) groups is 1. The molecular formula is C34H33ClN4O3S. The zero-order valence-electron chi connectivity index (χ0n) is 23.8. The molecule has 7 nitrogen and oxygen atoms in total. The van der Waals surface area contributed by atoms with Crippen molar-refractivity contribution >= 4 is 29.3 Å². The minimum absolute atomic E-state index is 0.0173. The highest BCUT2D eigenvalue weighted by molar-refractivity contribution is 7.98. The smallest absolute Gasteiger partial charge is 0.255 e. The molecule has 220 valence electrons. The molecule has 1 atom stereocenters. The van der Waals surface area contributed by atoms with Gasteiger partial charge >= 0.3 is 0 Å². The molecule has 0 bridgehead atoms. The molecule has 9 heteroatoms. The fraction of sp³-hybridized carbons (Fsp3) is 0.206. The molecule has 2 N–H and O–H groups in total. The predicted molar refractivity (Wildman–Crippen MR) is 171 cm³/mol. The molecule has 1 amide bonds. The lowest BCUT2D eigenvalue weighted by Gasteiger charge is -2.19. The Bertz CT molecular complexity index is 1660. The predicted octanol–water partition coefficient (Wildman–Crippen LogP) is 7.46. The van der Waals surface area contributed by atoms with E-state index in [0.29, 0.717) is 23.7 Å². The van der Waals surface area contributed by atoms with Crippen LogP contribution in [0.2, 0.25) is 5.02 Å². The van der Waals surface area contributed by atoms with Crippen LogP contribution in [0.4, 0.5) is 0 Å². The number of phenolic OH excluding ortho intramolecular Hbond substituents is 1. The standard InChI is InChI=1S/C34H33ClN4O3S/c1-42-29-16-8-15-28(22-29)39-32(37-38-34(39)43-23-25-12-7-14-27(35)21-25)26(20-24-10-3-2-4-11-24)13-9-19-36-33(41)30-17-5-6-18-31(30)40/h2-8,10-12,14-18,21-22,26,40H,9,13,19-20,23H2,1H3,(H,36,41). The lowest BCUT2D eigenvalue weighted by atomic mass is 9.93. The zero-order chi connectivity index (χ0) is 30.0. The number of carbonyl (C=O) groups excluding carboxylic acids is 1. The molecule has 1 aromatic heterocycles. The van der Waals surface area contributed by atoms with E-state index in [-0.39, 0.29) is 23.1 Å². The summed E-state index contributed by atoms with van der Waals surface area (Å²) >= 11 is 7.84. The fourth-order valence-electron chi connectivity index (χ4n) is 4.94. The van der Waals surface area contributed by atoms with Crippen molar-refractivity contribution in [2.24, 2.45) is 0 Å². The van der Waals surface area contributed by atoms with Crippen LogP contribution in [-0.2, 0) is 12.2 Å². The summed E-state index contributed by atoms with van der Waals surface area (Å²) < 4.78 is 7.66. The van der Waals surface area contributed by atoms with E-state index in [1.165, 1.54) is 11.6 Å². The first-order valence-corrected chi connectivity index (χ1v) is 15.5. The maximum Gasteiger partial charge on any atom is 0.255 e. The molecule has 5 aromatic rings. The Balaban J connectivity index is 1.42. The van der Waals surface area contributed by atoms with E-state index < -0.39 is 0 Å². The topological polar surface area (TPSA) is 89.3 Å². The summed E-state index contributed by atoms with van der Waals surface area (Å²) in [5.74, 6) is 1.97. The normalized spacial score (nSPS) is 11.7. The van der Waals surface area contributed by atoms with Gasteiger partial charge in [0, 0.05) is 29.3 Å². The number of hydrogen-bond donors (Lipinski definition) is 2. The third-order valence-corrected chi connectivity index (χ3v) is 8.32. The van der Waals surface area contributed by atoms with Crippen LogP contribution in [0.1, 0.15) is 46.1 Å². The number of aromatic nitrogens is 3. The second-order valence-corrected chi connectivity index (χ2v) is 11.5. The molecule has 0 aliphatic carbocycles. The van der Waals surface area contributed by atoms with Crippen molar-refractivity contribution in [3.63, 3.8) is 0 Å². The van der Waals surface area contributed by atoms with Gasteiger partial charge in [-0.1, -0.05) is 84.0 Å². The van der Waals surface area contributed by atoms with Crippen LogP contribution < -0.4 is 10.1 Å². The second kappa shape index (κ2) is 14.8. The van der Waals surface area contributed by atoms with Crippen molar-refractivity contribution in [1.29, 1.82) is 0 Å². The Labute approximate surface area is 260 Å². The summed E-state index contributed by atoms with van der Waals surface area (Å²) in [4.78, 5) is 12.7. The molecule has 4 aromatic carbocycles. The number of methoxy groups -OCH3 is 1. The van der Waals surface area contributed by atoms with E-state index in [4.69, 9.17) is 21.4 Å². The summed E-state index contributed by atoms with van der Waals surface area (Å²) in [7, 11) is 1.66.